The van der Waals surface area contributed by atoms with Crippen LogP contribution in [0, 0.1) is 5.41 Å². The fraction of sp³-hybridized carbons (Fsp3) is 0.900. The number of hydrogen-bond donors (Lipinski definition) is 2. The maximum Gasteiger partial charge on any atom is 0.220 e. The van der Waals surface area contributed by atoms with E-state index in [0.717, 1.165) is 6.54 Å². The van der Waals surface area contributed by atoms with Crippen molar-refractivity contribution in [2.45, 2.75) is 20.3 Å². The van der Waals surface area contributed by atoms with Crippen LogP contribution in [0.4, 0.5) is 0 Å². The summed E-state index contributed by atoms with van der Waals surface area (Å²) in [5, 5.41) is 2.87. The number of nitrogens with one attached hydrogen (secondary N) is 1. The first-order valence-corrected chi connectivity index (χ1v) is 4.99. The number of carbonyl (C=O) groups is 1. The second-order valence-electron chi connectivity index (χ2n) is 4.70. The quantitative estimate of drug-likeness (QED) is 0.638. The van der Waals surface area contributed by atoms with Crippen LogP contribution < -0.4 is 11.1 Å². The van der Waals surface area contributed by atoms with Gasteiger partial charge in [-0.3, -0.25) is 4.79 Å². The molecule has 1 amide bonds. The number of likely N-dealkylation sites (N-methyl/N-ethyl adjacent to an activating group) is 1. The fourth-order valence-corrected chi connectivity index (χ4v) is 0.988. The van der Waals surface area contributed by atoms with Crippen molar-refractivity contribution in [2.75, 3.05) is 33.7 Å². The lowest BCUT2D eigenvalue weighted by molar-refractivity contribution is -0.122. The summed E-state index contributed by atoms with van der Waals surface area (Å²) in [6, 6.07) is 0. The highest BCUT2D eigenvalue weighted by Crippen LogP contribution is 2.17. The Morgan fingerprint density at radius 2 is 2.00 bits per heavy atom. The van der Waals surface area contributed by atoms with E-state index in [1.54, 1.807) is 0 Å². The van der Waals surface area contributed by atoms with E-state index >= 15 is 0 Å². The van der Waals surface area contributed by atoms with Gasteiger partial charge in [0.05, 0.1) is 0 Å². The van der Waals surface area contributed by atoms with Crippen molar-refractivity contribution in [3.63, 3.8) is 0 Å². The molecule has 0 fully saturated rings. The minimum atomic E-state index is -0.0950. The normalized spacial score (nSPS) is 11.9. The van der Waals surface area contributed by atoms with Crippen LogP contribution in [0.25, 0.3) is 0 Å². The van der Waals surface area contributed by atoms with Crippen molar-refractivity contribution in [1.82, 2.24) is 10.2 Å². The van der Waals surface area contributed by atoms with Crippen molar-refractivity contribution >= 4 is 5.91 Å². The molecule has 0 spiro atoms. The molecule has 0 unspecified atom stereocenters. The first-order chi connectivity index (χ1) is 6.37. The molecule has 0 saturated heterocycles. The van der Waals surface area contributed by atoms with Gasteiger partial charge in [-0.1, -0.05) is 13.8 Å². The van der Waals surface area contributed by atoms with Gasteiger partial charge in [0.2, 0.25) is 5.91 Å². The van der Waals surface area contributed by atoms with Gasteiger partial charge in [0.1, 0.15) is 0 Å². The number of nitrogens with zero attached hydrogens (tertiary/aromatic N) is 1. The molecule has 0 heterocycles. The maximum atomic E-state index is 11.4. The Morgan fingerprint density at radius 1 is 1.43 bits per heavy atom. The summed E-state index contributed by atoms with van der Waals surface area (Å²) in [5.74, 6) is 0.0855. The number of hydrogen-bond acceptors (Lipinski definition) is 3. The zero-order valence-corrected chi connectivity index (χ0v) is 9.76. The number of amides is 1. The van der Waals surface area contributed by atoms with Crippen LogP contribution in [0.3, 0.4) is 0 Å². The molecular formula is C10H23N3O. The molecule has 84 valence electrons. The van der Waals surface area contributed by atoms with E-state index in [0.29, 0.717) is 19.5 Å². The van der Waals surface area contributed by atoms with Gasteiger partial charge in [-0.25, -0.2) is 0 Å². The van der Waals surface area contributed by atoms with E-state index in [1.807, 2.05) is 32.8 Å². The molecule has 0 aromatic rings. The molecule has 4 nitrogen and oxygen atoms in total. The van der Waals surface area contributed by atoms with Gasteiger partial charge in [-0.05, 0) is 26.1 Å². The third-order valence-electron chi connectivity index (χ3n) is 2.07. The summed E-state index contributed by atoms with van der Waals surface area (Å²) >= 11 is 0. The topological polar surface area (TPSA) is 58.4 Å². The predicted octanol–water partition coefficient (Wildman–Crippen LogP) is 0.0392. The second-order valence-corrected chi connectivity index (χ2v) is 4.70. The number of nitrogens with two attached hydrogens (primary N) is 1. The molecule has 0 rings (SSSR count). The average Bonchev–Trinajstić information content (AvgIpc) is 2.02. The highest BCUT2D eigenvalue weighted by molar-refractivity contribution is 5.76. The molecule has 4 heteroatoms. The minimum absolute atomic E-state index is 0.0855. The molecule has 0 saturated carbocycles. The van der Waals surface area contributed by atoms with E-state index < -0.39 is 0 Å². The molecule has 0 aliphatic rings. The standard InChI is InChI=1S/C10H23N3O/c1-10(2,8-11)7-9(14)12-5-6-13(3)4/h5-8,11H2,1-4H3,(H,12,14). The van der Waals surface area contributed by atoms with Crippen LogP contribution in [-0.4, -0.2) is 44.5 Å². The average molecular weight is 201 g/mol. The highest BCUT2D eigenvalue weighted by atomic mass is 16.1. The largest absolute Gasteiger partial charge is 0.355 e. The molecule has 0 aromatic carbocycles. The monoisotopic (exact) mass is 201 g/mol. The Hall–Kier alpha value is -0.610. The first-order valence-electron chi connectivity index (χ1n) is 4.99. The second kappa shape index (κ2) is 5.98. The first kappa shape index (κ1) is 13.4. The van der Waals surface area contributed by atoms with Gasteiger partial charge in [0.15, 0.2) is 0 Å². The van der Waals surface area contributed by atoms with Gasteiger partial charge in [0.25, 0.3) is 0 Å². The third kappa shape index (κ3) is 6.86. The van der Waals surface area contributed by atoms with Gasteiger partial charge < -0.3 is 16.0 Å². The highest BCUT2D eigenvalue weighted by Gasteiger charge is 2.19. The Labute approximate surface area is 86.8 Å². The molecule has 0 aliphatic carbocycles. The molecular weight excluding hydrogens is 178 g/mol. The lowest BCUT2D eigenvalue weighted by Gasteiger charge is -2.21. The van der Waals surface area contributed by atoms with Crippen molar-refractivity contribution in [3.8, 4) is 0 Å². The van der Waals surface area contributed by atoms with Crippen molar-refractivity contribution in [3.05, 3.63) is 0 Å². The molecule has 3 N–H and O–H groups in total. The summed E-state index contributed by atoms with van der Waals surface area (Å²) < 4.78 is 0. The number of carbonyl (C=O) groups excluding carboxylic acids is 1. The Balaban J connectivity index is 3.66. The SMILES string of the molecule is CN(C)CCNC(=O)CC(C)(C)CN. The van der Waals surface area contributed by atoms with Crippen molar-refractivity contribution in [1.29, 1.82) is 0 Å². The van der Waals surface area contributed by atoms with Crippen LogP contribution in [0.2, 0.25) is 0 Å². The summed E-state index contributed by atoms with van der Waals surface area (Å²) in [5.41, 5.74) is 5.45. The Kier molecular flexibility index (Phi) is 5.72. The van der Waals surface area contributed by atoms with Crippen LogP contribution in [0.1, 0.15) is 20.3 Å². The minimum Gasteiger partial charge on any atom is -0.355 e. The molecule has 0 radical (unpaired) electrons. The van der Waals surface area contributed by atoms with Crippen LogP contribution in [0.15, 0.2) is 0 Å². The lowest BCUT2D eigenvalue weighted by Crippen LogP contribution is -2.36. The van der Waals surface area contributed by atoms with E-state index in [1.165, 1.54) is 0 Å². The van der Waals surface area contributed by atoms with Gasteiger partial charge in [-0.15, -0.1) is 0 Å². The molecule has 0 aromatic heterocycles. The third-order valence-corrected chi connectivity index (χ3v) is 2.07. The number of rotatable bonds is 6. The zero-order valence-electron chi connectivity index (χ0n) is 9.76. The van der Waals surface area contributed by atoms with Gasteiger partial charge in [-0.2, -0.15) is 0 Å². The van der Waals surface area contributed by atoms with E-state index in [-0.39, 0.29) is 11.3 Å². The van der Waals surface area contributed by atoms with Crippen molar-refractivity contribution in [2.24, 2.45) is 11.1 Å². The van der Waals surface area contributed by atoms with Crippen molar-refractivity contribution < 1.29 is 4.79 Å². The van der Waals surface area contributed by atoms with Crippen LogP contribution >= 0.6 is 0 Å². The Morgan fingerprint density at radius 3 is 2.43 bits per heavy atom. The summed E-state index contributed by atoms with van der Waals surface area (Å²) in [6.45, 7) is 6.10. The lowest BCUT2D eigenvalue weighted by atomic mass is 9.89. The van der Waals surface area contributed by atoms with E-state index in [4.69, 9.17) is 5.73 Å². The molecule has 0 bridgehead atoms. The zero-order chi connectivity index (χ0) is 11.2. The molecule has 0 atom stereocenters. The van der Waals surface area contributed by atoms with Gasteiger partial charge >= 0.3 is 0 Å². The van der Waals surface area contributed by atoms with Crippen LogP contribution in [-0.2, 0) is 4.79 Å². The summed E-state index contributed by atoms with van der Waals surface area (Å²) in [7, 11) is 3.96. The fourth-order valence-electron chi connectivity index (χ4n) is 0.988. The van der Waals surface area contributed by atoms with Gasteiger partial charge in [0, 0.05) is 19.5 Å². The Bertz CT molecular complexity index is 178. The molecule has 14 heavy (non-hydrogen) atoms. The predicted molar refractivity (Wildman–Crippen MR) is 59.0 cm³/mol. The smallest absolute Gasteiger partial charge is 0.220 e. The molecule has 0 aliphatic heterocycles. The van der Waals surface area contributed by atoms with E-state index in [2.05, 4.69) is 5.32 Å². The summed E-state index contributed by atoms with van der Waals surface area (Å²) in [4.78, 5) is 13.4. The summed E-state index contributed by atoms with van der Waals surface area (Å²) in [6.07, 6.45) is 0.497. The van der Waals surface area contributed by atoms with Crippen LogP contribution in [0.5, 0.6) is 0 Å². The van der Waals surface area contributed by atoms with E-state index in [9.17, 15) is 4.79 Å². The maximum absolute atomic E-state index is 11.4.